The third-order valence-corrected chi connectivity index (χ3v) is 4.45. The highest BCUT2D eigenvalue weighted by Crippen LogP contribution is 2.23. The molecule has 28 heavy (non-hydrogen) atoms. The van der Waals surface area contributed by atoms with E-state index in [0.29, 0.717) is 30.2 Å². The van der Waals surface area contributed by atoms with Crippen LogP contribution < -0.4 is 15.0 Å². The van der Waals surface area contributed by atoms with E-state index in [1.54, 1.807) is 12.4 Å². The molecule has 0 saturated carbocycles. The summed E-state index contributed by atoms with van der Waals surface area (Å²) in [6, 6.07) is 18.7. The molecule has 0 radical (unpaired) electrons. The lowest BCUT2D eigenvalue weighted by Crippen LogP contribution is -2.36. The fourth-order valence-corrected chi connectivity index (χ4v) is 2.98. The van der Waals surface area contributed by atoms with E-state index in [2.05, 4.69) is 15.2 Å². The second-order valence-corrected chi connectivity index (χ2v) is 6.42. The Morgan fingerprint density at radius 2 is 1.68 bits per heavy atom. The number of ether oxygens (including phenoxy) is 2. The number of morpholine rings is 1. The maximum absolute atomic E-state index is 12.6. The maximum atomic E-state index is 12.6. The molecule has 1 aromatic heterocycles. The van der Waals surface area contributed by atoms with E-state index >= 15 is 0 Å². The van der Waals surface area contributed by atoms with Crippen LogP contribution >= 0.6 is 0 Å². The minimum absolute atomic E-state index is 0.195. The van der Waals surface area contributed by atoms with E-state index in [0.717, 1.165) is 24.5 Å². The van der Waals surface area contributed by atoms with Crippen LogP contribution in [0.1, 0.15) is 10.4 Å². The summed E-state index contributed by atoms with van der Waals surface area (Å²) < 4.78 is 11.1. The highest BCUT2D eigenvalue weighted by molar-refractivity contribution is 6.04. The number of amides is 1. The van der Waals surface area contributed by atoms with Gasteiger partial charge in [-0.05, 0) is 42.5 Å². The Balaban J connectivity index is 1.40. The molecule has 0 unspecified atom stereocenters. The molecule has 0 bridgehead atoms. The van der Waals surface area contributed by atoms with Crippen molar-refractivity contribution in [2.45, 2.75) is 0 Å². The number of hydrogen-bond acceptors (Lipinski definition) is 5. The van der Waals surface area contributed by atoms with Crippen LogP contribution in [0.2, 0.25) is 0 Å². The Labute approximate surface area is 163 Å². The van der Waals surface area contributed by atoms with Gasteiger partial charge in [-0.2, -0.15) is 0 Å². The fourth-order valence-electron chi connectivity index (χ4n) is 2.98. The summed E-state index contributed by atoms with van der Waals surface area (Å²) in [5.41, 5.74) is 2.15. The topological polar surface area (TPSA) is 63.7 Å². The molecule has 1 amide bonds. The first-order chi connectivity index (χ1) is 13.8. The number of aromatic nitrogens is 1. The lowest BCUT2D eigenvalue weighted by molar-refractivity contribution is 0.102. The number of nitrogens with zero attached hydrogens (tertiary/aromatic N) is 2. The van der Waals surface area contributed by atoms with Crippen molar-refractivity contribution in [3.05, 3.63) is 78.6 Å². The Hall–Kier alpha value is -3.38. The zero-order chi connectivity index (χ0) is 19.2. The standard InChI is InChI=1S/C22H21N3O3/c26-22(17-14-19(16-23-15-17)25-10-12-27-13-11-25)24-18-6-8-21(9-7-18)28-20-4-2-1-3-5-20/h1-9,14-16H,10-13H2,(H,24,26). The average Bonchev–Trinajstić information content (AvgIpc) is 2.76. The van der Waals surface area contributed by atoms with E-state index in [1.807, 2.05) is 60.7 Å². The normalized spacial score (nSPS) is 13.8. The molecule has 6 nitrogen and oxygen atoms in total. The summed E-state index contributed by atoms with van der Waals surface area (Å²) in [6.07, 6.45) is 3.35. The molecule has 1 N–H and O–H groups in total. The summed E-state index contributed by atoms with van der Waals surface area (Å²) >= 11 is 0. The number of pyridine rings is 1. The second kappa shape index (κ2) is 8.54. The van der Waals surface area contributed by atoms with E-state index in [1.165, 1.54) is 0 Å². The van der Waals surface area contributed by atoms with Crippen molar-refractivity contribution in [2.24, 2.45) is 0 Å². The summed E-state index contributed by atoms with van der Waals surface area (Å²) in [5, 5.41) is 2.90. The van der Waals surface area contributed by atoms with Crippen LogP contribution in [0.4, 0.5) is 11.4 Å². The van der Waals surface area contributed by atoms with E-state index < -0.39 is 0 Å². The van der Waals surface area contributed by atoms with Gasteiger partial charge in [-0.25, -0.2) is 0 Å². The van der Waals surface area contributed by atoms with Gasteiger partial charge in [-0.3, -0.25) is 9.78 Å². The lowest BCUT2D eigenvalue weighted by atomic mass is 10.2. The molecule has 0 aliphatic carbocycles. The highest BCUT2D eigenvalue weighted by Gasteiger charge is 2.14. The SMILES string of the molecule is O=C(Nc1ccc(Oc2ccccc2)cc1)c1cncc(N2CCOCC2)c1. The molecule has 1 aliphatic rings. The zero-order valence-electron chi connectivity index (χ0n) is 15.4. The quantitative estimate of drug-likeness (QED) is 0.731. The number of nitrogens with one attached hydrogen (secondary N) is 1. The van der Waals surface area contributed by atoms with E-state index in [-0.39, 0.29) is 5.91 Å². The molecule has 2 heterocycles. The van der Waals surface area contributed by atoms with Gasteiger partial charge in [-0.1, -0.05) is 18.2 Å². The number of carbonyl (C=O) groups is 1. The van der Waals surface area contributed by atoms with Gasteiger partial charge < -0.3 is 19.7 Å². The maximum Gasteiger partial charge on any atom is 0.257 e. The van der Waals surface area contributed by atoms with Crippen LogP contribution in [0.25, 0.3) is 0 Å². The number of benzene rings is 2. The van der Waals surface area contributed by atoms with Crippen molar-refractivity contribution in [3.8, 4) is 11.5 Å². The Bertz CT molecular complexity index is 923. The van der Waals surface area contributed by atoms with Crippen molar-refractivity contribution in [1.29, 1.82) is 0 Å². The lowest BCUT2D eigenvalue weighted by Gasteiger charge is -2.28. The molecule has 4 rings (SSSR count). The first kappa shape index (κ1) is 18.0. The summed E-state index contributed by atoms with van der Waals surface area (Å²) in [5.74, 6) is 1.28. The number of carbonyl (C=O) groups excluding carboxylic acids is 1. The Morgan fingerprint density at radius 3 is 2.43 bits per heavy atom. The minimum atomic E-state index is -0.195. The van der Waals surface area contributed by atoms with Gasteiger partial charge in [0, 0.05) is 25.0 Å². The van der Waals surface area contributed by atoms with Gasteiger partial charge in [0.15, 0.2) is 0 Å². The molecule has 2 aromatic carbocycles. The van der Waals surface area contributed by atoms with Crippen molar-refractivity contribution < 1.29 is 14.3 Å². The largest absolute Gasteiger partial charge is 0.457 e. The summed E-state index contributed by atoms with van der Waals surface area (Å²) in [4.78, 5) is 19.0. The van der Waals surface area contributed by atoms with Crippen molar-refractivity contribution in [3.63, 3.8) is 0 Å². The van der Waals surface area contributed by atoms with E-state index in [9.17, 15) is 4.79 Å². The molecule has 1 saturated heterocycles. The van der Waals surface area contributed by atoms with Crippen molar-refractivity contribution in [2.75, 3.05) is 36.5 Å². The van der Waals surface area contributed by atoms with Crippen LogP contribution in [0, 0.1) is 0 Å². The number of hydrogen-bond donors (Lipinski definition) is 1. The van der Waals surface area contributed by atoms with Crippen LogP contribution in [0.3, 0.4) is 0 Å². The van der Waals surface area contributed by atoms with Gasteiger partial charge in [-0.15, -0.1) is 0 Å². The summed E-state index contributed by atoms with van der Waals surface area (Å²) in [7, 11) is 0. The molecular formula is C22H21N3O3. The van der Waals surface area contributed by atoms with Crippen molar-refractivity contribution in [1.82, 2.24) is 4.98 Å². The van der Waals surface area contributed by atoms with Gasteiger partial charge in [0.05, 0.1) is 30.7 Å². The van der Waals surface area contributed by atoms with Gasteiger partial charge in [0.2, 0.25) is 0 Å². The molecular weight excluding hydrogens is 354 g/mol. The molecule has 0 atom stereocenters. The third-order valence-electron chi connectivity index (χ3n) is 4.45. The van der Waals surface area contributed by atoms with Gasteiger partial charge in [0.25, 0.3) is 5.91 Å². The van der Waals surface area contributed by atoms with E-state index in [4.69, 9.17) is 9.47 Å². The van der Waals surface area contributed by atoms with Crippen LogP contribution in [-0.2, 0) is 4.74 Å². The molecule has 6 heteroatoms. The molecule has 1 fully saturated rings. The molecule has 3 aromatic rings. The minimum Gasteiger partial charge on any atom is -0.457 e. The highest BCUT2D eigenvalue weighted by atomic mass is 16.5. The third kappa shape index (κ3) is 4.47. The monoisotopic (exact) mass is 375 g/mol. The first-order valence-electron chi connectivity index (χ1n) is 9.20. The zero-order valence-corrected chi connectivity index (χ0v) is 15.4. The Kier molecular flexibility index (Phi) is 5.49. The molecule has 1 aliphatic heterocycles. The van der Waals surface area contributed by atoms with Crippen molar-refractivity contribution >= 4 is 17.3 Å². The second-order valence-electron chi connectivity index (χ2n) is 6.42. The summed E-state index contributed by atoms with van der Waals surface area (Å²) in [6.45, 7) is 2.98. The first-order valence-corrected chi connectivity index (χ1v) is 9.20. The average molecular weight is 375 g/mol. The van der Waals surface area contributed by atoms with Gasteiger partial charge in [0.1, 0.15) is 11.5 Å². The Morgan fingerprint density at radius 1 is 0.964 bits per heavy atom. The van der Waals surface area contributed by atoms with Gasteiger partial charge >= 0.3 is 0 Å². The van der Waals surface area contributed by atoms with Crippen LogP contribution in [0.5, 0.6) is 11.5 Å². The predicted octanol–water partition coefficient (Wildman–Crippen LogP) is 3.96. The smallest absolute Gasteiger partial charge is 0.257 e. The number of rotatable bonds is 5. The fraction of sp³-hybridized carbons (Fsp3) is 0.182. The van der Waals surface area contributed by atoms with Crippen LogP contribution in [0.15, 0.2) is 73.1 Å². The van der Waals surface area contributed by atoms with Crippen LogP contribution in [-0.4, -0.2) is 37.2 Å². The predicted molar refractivity (Wildman–Crippen MR) is 108 cm³/mol. The molecule has 0 spiro atoms. The number of anilines is 2. The number of para-hydroxylation sites is 1. The molecule has 142 valence electrons.